The van der Waals surface area contributed by atoms with E-state index in [4.69, 9.17) is 5.73 Å². The summed E-state index contributed by atoms with van der Waals surface area (Å²) < 4.78 is 0. The SMILES string of the molecule is CC1CCN(C(=O)c2ccsc2)C(CN)C1. The van der Waals surface area contributed by atoms with Crippen LogP contribution in [0, 0.1) is 5.92 Å². The molecule has 0 saturated carbocycles. The van der Waals surface area contributed by atoms with Gasteiger partial charge in [-0.3, -0.25) is 4.79 Å². The van der Waals surface area contributed by atoms with E-state index in [9.17, 15) is 4.79 Å². The number of hydrogen-bond acceptors (Lipinski definition) is 3. The Morgan fingerprint density at radius 2 is 2.50 bits per heavy atom. The molecule has 1 amide bonds. The second kappa shape index (κ2) is 4.97. The van der Waals surface area contributed by atoms with Gasteiger partial charge in [0.2, 0.25) is 0 Å². The number of nitrogens with zero attached hydrogens (tertiary/aromatic N) is 1. The molecular formula is C12H18N2OS. The van der Waals surface area contributed by atoms with Gasteiger partial charge in [0.1, 0.15) is 0 Å². The van der Waals surface area contributed by atoms with Crippen LogP contribution in [-0.2, 0) is 0 Å². The summed E-state index contributed by atoms with van der Waals surface area (Å²) in [5.41, 5.74) is 6.56. The van der Waals surface area contributed by atoms with Crippen LogP contribution in [0.15, 0.2) is 16.8 Å². The van der Waals surface area contributed by atoms with Gasteiger partial charge in [0.05, 0.1) is 5.56 Å². The minimum absolute atomic E-state index is 0.142. The first-order chi connectivity index (χ1) is 7.72. The number of likely N-dealkylation sites (tertiary alicyclic amines) is 1. The fourth-order valence-electron chi connectivity index (χ4n) is 2.29. The molecule has 1 aliphatic rings. The molecule has 4 heteroatoms. The highest BCUT2D eigenvalue weighted by molar-refractivity contribution is 7.08. The van der Waals surface area contributed by atoms with Gasteiger partial charge in [-0.05, 0) is 30.2 Å². The van der Waals surface area contributed by atoms with E-state index in [-0.39, 0.29) is 11.9 Å². The molecular weight excluding hydrogens is 220 g/mol. The molecule has 1 aromatic heterocycles. The molecule has 88 valence electrons. The highest BCUT2D eigenvalue weighted by atomic mass is 32.1. The zero-order chi connectivity index (χ0) is 11.5. The minimum Gasteiger partial charge on any atom is -0.334 e. The van der Waals surface area contributed by atoms with Crippen LogP contribution in [0.2, 0.25) is 0 Å². The average Bonchev–Trinajstić information content (AvgIpc) is 2.81. The number of amides is 1. The van der Waals surface area contributed by atoms with Crippen LogP contribution < -0.4 is 5.73 Å². The highest BCUT2D eigenvalue weighted by Gasteiger charge is 2.29. The van der Waals surface area contributed by atoms with Crippen molar-refractivity contribution in [3.63, 3.8) is 0 Å². The van der Waals surface area contributed by atoms with Gasteiger partial charge in [-0.1, -0.05) is 6.92 Å². The van der Waals surface area contributed by atoms with Crippen molar-refractivity contribution in [2.24, 2.45) is 11.7 Å². The molecule has 0 aromatic carbocycles. The lowest BCUT2D eigenvalue weighted by molar-refractivity contribution is 0.0574. The molecule has 1 saturated heterocycles. The van der Waals surface area contributed by atoms with E-state index < -0.39 is 0 Å². The smallest absolute Gasteiger partial charge is 0.254 e. The van der Waals surface area contributed by atoms with Crippen LogP contribution in [0.3, 0.4) is 0 Å². The molecule has 2 unspecified atom stereocenters. The van der Waals surface area contributed by atoms with Crippen molar-refractivity contribution < 1.29 is 4.79 Å². The Labute approximate surface area is 100 Å². The number of nitrogens with two attached hydrogens (primary N) is 1. The molecule has 2 atom stereocenters. The van der Waals surface area contributed by atoms with Gasteiger partial charge in [-0.15, -0.1) is 0 Å². The number of thiophene rings is 1. The lowest BCUT2D eigenvalue weighted by Gasteiger charge is -2.37. The van der Waals surface area contributed by atoms with Gasteiger partial charge < -0.3 is 10.6 Å². The van der Waals surface area contributed by atoms with Gasteiger partial charge in [-0.25, -0.2) is 0 Å². The third-order valence-electron chi connectivity index (χ3n) is 3.28. The number of piperidine rings is 1. The minimum atomic E-state index is 0.142. The predicted octanol–water partition coefficient (Wildman–Crippen LogP) is 1.95. The molecule has 1 aliphatic heterocycles. The fraction of sp³-hybridized carbons (Fsp3) is 0.583. The lowest BCUT2D eigenvalue weighted by atomic mass is 9.92. The third-order valence-corrected chi connectivity index (χ3v) is 3.96. The maximum atomic E-state index is 12.2. The molecule has 0 aliphatic carbocycles. The summed E-state index contributed by atoms with van der Waals surface area (Å²) in [6.45, 7) is 3.65. The van der Waals surface area contributed by atoms with Gasteiger partial charge in [0, 0.05) is 24.5 Å². The van der Waals surface area contributed by atoms with Crippen molar-refractivity contribution in [2.45, 2.75) is 25.8 Å². The van der Waals surface area contributed by atoms with Crippen molar-refractivity contribution in [1.82, 2.24) is 4.90 Å². The van der Waals surface area contributed by atoms with E-state index in [1.54, 1.807) is 11.3 Å². The maximum absolute atomic E-state index is 12.2. The summed E-state index contributed by atoms with van der Waals surface area (Å²) in [6.07, 6.45) is 2.12. The molecule has 0 bridgehead atoms. The standard InChI is InChI=1S/C12H18N2OS/c1-9-2-4-14(11(6-9)7-13)12(15)10-3-5-16-8-10/h3,5,8-9,11H,2,4,6-7,13H2,1H3. The second-order valence-electron chi connectivity index (χ2n) is 4.53. The molecule has 0 radical (unpaired) electrons. The molecule has 0 spiro atoms. The van der Waals surface area contributed by atoms with Gasteiger partial charge in [0.15, 0.2) is 0 Å². The van der Waals surface area contributed by atoms with E-state index >= 15 is 0 Å². The van der Waals surface area contributed by atoms with E-state index in [1.807, 2.05) is 21.7 Å². The monoisotopic (exact) mass is 238 g/mol. The van der Waals surface area contributed by atoms with Gasteiger partial charge in [0.25, 0.3) is 5.91 Å². The van der Waals surface area contributed by atoms with E-state index in [0.29, 0.717) is 12.5 Å². The van der Waals surface area contributed by atoms with Gasteiger partial charge >= 0.3 is 0 Å². The summed E-state index contributed by atoms with van der Waals surface area (Å²) in [5, 5.41) is 3.85. The Bertz CT molecular complexity index is 350. The van der Waals surface area contributed by atoms with Crippen molar-refractivity contribution in [3.05, 3.63) is 22.4 Å². The molecule has 1 fully saturated rings. The van der Waals surface area contributed by atoms with Crippen LogP contribution >= 0.6 is 11.3 Å². The molecule has 1 aromatic rings. The Kier molecular flexibility index (Phi) is 3.61. The van der Waals surface area contributed by atoms with Crippen LogP contribution in [0.4, 0.5) is 0 Å². The zero-order valence-electron chi connectivity index (χ0n) is 9.56. The predicted molar refractivity (Wildman–Crippen MR) is 66.6 cm³/mol. The van der Waals surface area contributed by atoms with Crippen LogP contribution in [-0.4, -0.2) is 29.9 Å². The van der Waals surface area contributed by atoms with Crippen molar-refractivity contribution in [2.75, 3.05) is 13.1 Å². The van der Waals surface area contributed by atoms with E-state index in [0.717, 1.165) is 24.9 Å². The fourth-order valence-corrected chi connectivity index (χ4v) is 2.92. The van der Waals surface area contributed by atoms with Crippen molar-refractivity contribution in [3.8, 4) is 0 Å². The number of rotatable bonds is 2. The van der Waals surface area contributed by atoms with Gasteiger partial charge in [-0.2, -0.15) is 11.3 Å². The Balaban J connectivity index is 2.10. The van der Waals surface area contributed by atoms with Crippen LogP contribution in [0.1, 0.15) is 30.1 Å². The summed E-state index contributed by atoms with van der Waals surface area (Å²) >= 11 is 1.56. The Hall–Kier alpha value is -0.870. The first-order valence-corrected chi connectivity index (χ1v) is 6.70. The number of carbonyl (C=O) groups is 1. The van der Waals surface area contributed by atoms with E-state index in [1.165, 1.54) is 0 Å². The summed E-state index contributed by atoms with van der Waals surface area (Å²) in [7, 11) is 0. The molecule has 2 heterocycles. The molecule has 16 heavy (non-hydrogen) atoms. The number of carbonyl (C=O) groups excluding carboxylic acids is 1. The lowest BCUT2D eigenvalue weighted by Crippen LogP contribution is -2.49. The Morgan fingerprint density at radius 1 is 1.69 bits per heavy atom. The molecule has 2 N–H and O–H groups in total. The normalized spacial score (nSPS) is 25.8. The number of hydrogen-bond donors (Lipinski definition) is 1. The Morgan fingerprint density at radius 3 is 3.12 bits per heavy atom. The molecule has 3 nitrogen and oxygen atoms in total. The second-order valence-corrected chi connectivity index (χ2v) is 5.31. The average molecular weight is 238 g/mol. The van der Waals surface area contributed by atoms with E-state index in [2.05, 4.69) is 6.92 Å². The van der Waals surface area contributed by atoms with Crippen LogP contribution in [0.25, 0.3) is 0 Å². The zero-order valence-corrected chi connectivity index (χ0v) is 10.4. The highest BCUT2D eigenvalue weighted by Crippen LogP contribution is 2.24. The first kappa shape index (κ1) is 11.6. The molecule has 2 rings (SSSR count). The van der Waals surface area contributed by atoms with Crippen molar-refractivity contribution in [1.29, 1.82) is 0 Å². The van der Waals surface area contributed by atoms with Crippen LogP contribution in [0.5, 0.6) is 0 Å². The topological polar surface area (TPSA) is 46.3 Å². The first-order valence-electron chi connectivity index (χ1n) is 5.75. The maximum Gasteiger partial charge on any atom is 0.254 e. The largest absolute Gasteiger partial charge is 0.334 e. The quantitative estimate of drug-likeness (QED) is 0.856. The summed E-state index contributed by atoms with van der Waals surface area (Å²) in [5.74, 6) is 0.823. The van der Waals surface area contributed by atoms with Crippen molar-refractivity contribution >= 4 is 17.2 Å². The summed E-state index contributed by atoms with van der Waals surface area (Å²) in [6, 6.07) is 2.11. The third kappa shape index (κ3) is 2.28. The summed E-state index contributed by atoms with van der Waals surface area (Å²) in [4.78, 5) is 14.2.